The third kappa shape index (κ3) is 4.00. The van der Waals surface area contributed by atoms with Crippen LogP contribution in [0.2, 0.25) is 5.02 Å². The Morgan fingerprint density at radius 2 is 2.22 bits per heavy atom. The molecule has 0 amide bonds. The van der Waals surface area contributed by atoms with Crippen LogP contribution < -0.4 is 0 Å². The van der Waals surface area contributed by atoms with Gasteiger partial charge in [0, 0.05) is 18.1 Å². The van der Waals surface area contributed by atoms with Crippen molar-refractivity contribution in [1.82, 2.24) is 4.90 Å². The SMILES string of the molecule is Cc1cc(Cl)ccc1CN(CC(=O)O)CC1CC1. The van der Waals surface area contributed by atoms with E-state index in [4.69, 9.17) is 16.7 Å². The van der Waals surface area contributed by atoms with Crippen LogP contribution in [-0.4, -0.2) is 29.1 Å². The Kier molecular flexibility index (Phi) is 4.25. The van der Waals surface area contributed by atoms with Gasteiger partial charge in [-0.15, -0.1) is 0 Å². The number of nitrogens with zero attached hydrogens (tertiary/aromatic N) is 1. The summed E-state index contributed by atoms with van der Waals surface area (Å²) < 4.78 is 0. The Morgan fingerprint density at radius 3 is 2.78 bits per heavy atom. The molecule has 0 bridgehead atoms. The van der Waals surface area contributed by atoms with Crippen molar-refractivity contribution in [2.75, 3.05) is 13.1 Å². The van der Waals surface area contributed by atoms with E-state index in [1.54, 1.807) is 0 Å². The van der Waals surface area contributed by atoms with Gasteiger partial charge in [0.2, 0.25) is 0 Å². The van der Waals surface area contributed by atoms with Gasteiger partial charge < -0.3 is 5.11 Å². The fourth-order valence-corrected chi connectivity index (χ4v) is 2.35. The van der Waals surface area contributed by atoms with Gasteiger partial charge in [0.1, 0.15) is 0 Å². The van der Waals surface area contributed by atoms with Crippen molar-refractivity contribution >= 4 is 17.6 Å². The highest BCUT2D eigenvalue weighted by Gasteiger charge is 2.25. The summed E-state index contributed by atoms with van der Waals surface area (Å²) in [6, 6.07) is 5.77. The molecule has 1 aromatic rings. The van der Waals surface area contributed by atoms with Crippen LogP contribution in [0.15, 0.2) is 18.2 Å². The molecule has 0 spiro atoms. The van der Waals surface area contributed by atoms with Crippen LogP contribution in [0.25, 0.3) is 0 Å². The van der Waals surface area contributed by atoms with E-state index < -0.39 is 5.97 Å². The van der Waals surface area contributed by atoms with Gasteiger partial charge in [0.25, 0.3) is 0 Å². The lowest BCUT2D eigenvalue weighted by atomic mass is 10.1. The molecule has 1 aromatic carbocycles. The number of hydrogen-bond donors (Lipinski definition) is 1. The van der Waals surface area contributed by atoms with Crippen LogP contribution in [0, 0.1) is 12.8 Å². The number of carboxylic acid groups (broad SMARTS) is 1. The average molecular weight is 268 g/mol. The summed E-state index contributed by atoms with van der Waals surface area (Å²) in [5.41, 5.74) is 2.27. The minimum atomic E-state index is -0.762. The van der Waals surface area contributed by atoms with Gasteiger partial charge in [-0.05, 0) is 48.9 Å². The van der Waals surface area contributed by atoms with Crippen LogP contribution in [0.1, 0.15) is 24.0 Å². The molecule has 1 aliphatic rings. The number of carbonyl (C=O) groups is 1. The lowest BCUT2D eigenvalue weighted by Gasteiger charge is -2.21. The zero-order valence-electron chi connectivity index (χ0n) is 10.5. The highest BCUT2D eigenvalue weighted by Crippen LogP contribution is 2.30. The molecule has 0 unspecified atom stereocenters. The molecule has 0 aromatic heterocycles. The van der Waals surface area contributed by atoms with Gasteiger partial charge in [0.05, 0.1) is 6.54 Å². The van der Waals surface area contributed by atoms with Crippen LogP contribution in [0.3, 0.4) is 0 Å². The number of benzene rings is 1. The second-order valence-corrected chi connectivity index (χ2v) is 5.51. The lowest BCUT2D eigenvalue weighted by Crippen LogP contribution is -2.31. The second kappa shape index (κ2) is 5.72. The fraction of sp³-hybridized carbons (Fsp3) is 0.500. The van der Waals surface area contributed by atoms with E-state index in [9.17, 15) is 4.79 Å². The Labute approximate surface area is 112 Å². The van der Waals surface area contributed by atoms with E-state index >= 15 is 0 Å². The first-order chi connectivity index (χ1) is 8.54. The molecule has 3 nitrogen and oxygen atoms in total. The summed E-state index contributed by atoms with van der Waals surface area (Å²) in [5, 5.41) is 9.67. The molecular weight excluding hydrogens is 250 g/mol. The van der Waals surface area contributed by atoms with Crippen LogP contribution in [-0.2, 0) is 11.3 Å². The first-order valence-electron chi connectivity index (χ1n) is 6.24. The molecule has 0 heterocycles. The molecule has 1 fully saturated rings. The van der Waals surface area contributed by atoms with Crippen molar-refractivity contribution in [2.24, 2.45) is 5.92 Å². The molecule has 18 heavy (non-hydrogen) atoms. The van der Waals surface area contributed by atoms with Crippen LogP contribution >= 0.6 is 11.6 Å². The van der Waals surface area contributed by atoms with E-state index in [1.807, 2.05) is 30.0 Å². The number of aryl methyl sites for hydroxylation is 1. The Morgan fingerprint density at radius 1 is 1.50 bits per heavy atom. The van der Waals surface area contributed by atoms with Crippen molar-refractivity contribution in [3.05, 3.63) is 34.3 Å². The number of carboxylic acids is 1. The minimum absolute atomic E-state index is 0.110. The monoisotopic (exact) mass is 267 g/mol. The maximum Gasteiger partial charge on any atom is 0.317 e. The molecule has 2 rings (SSSR count). The van der Waals surface area contributed by atoms with E-state index in [1.165, 1.54) is 12.8 Å². The van der Waals surface area contributed by atoms with Crippen LogP contribution in [0.5, 0.6) is 0 Å². The maximum absolute atomic E-state index is 10.9. The number of rotatable bonds is 6. The first-order valence-corrected chi connectivity index (χ1v) is 6.61. The summed E-state index contributed by atoms with van der Waals surface area (Å²) >= 11 is 5.92. The predicted octanol–water partition coefficient (Wildman–Crippen LogP) is 2.95. The largest absolute Gasteiger partial charge is 0.480 e. The smallest absolute Gasteiger partial charge is 0.317 e. The Hall–Kier alpha value is -1.06. The molecule has 1 aliphatic carbocycles. The third-order valence-electron chi connectivity index (χ3n) is 3.27. The van der Waals surface area contributed by atoms with Gasteiger partial charge in [-0.3, -0.25) is 9.69 Å². The van der Waals surface area contributed by atoms with Gasteiger partial charge in [-0.2, -0.15) is 0 Å². The van der Waals surface area contributed by atoms with Crippen LogP contribution in [0.4, 0.5) is 0 Å². The predicted molar refractivity (Wildman–Crippen MR) is 71.8 cm³/mol. The van der Waals surface area contributed by atoms with Crippen molar-refractivity contribution < 1.29 is 9.90 Å². The van der Waals surface area contributed by atoms with E-state index in [2.05, 4.69) is 0 Å². The van der Waals surface area contributed by atoms with Crippen molar-refractivity contribution in [3.63, 3.8) is 0 Å². The molecule has 0 atom stereocenters. The summed E-state index contributed by atoms with van der Waals surface area (Å²) in [6.45, 7) is 3.69. The zero-order valence-corrected chi connectivity index (χ0v) is 11.3. The van der Waals surface area contributed by atoms with Gasteiger partial charge in [0.15, 0.2) is 0 Å². The molecule has 4 heteroatoms. The Balaban J connectivity index is 2.03. The molecule has 0 saturated heterocycles. The maximum atomic E-state index is 10.9. The fourth-order valence-electron chi connectivity index (χ4n) is 2.12. The van der Waals surface area contributed by atoms with Crippen molar-refractivity contribution in [1.29, 1.82) is 0 Å². The van der Waals surface area contributed by atoms with Gasteiger partial charge in [-0.1, -0.05) is 17.7 Å². The zero-order chi connectivity index (χ0) is 13.1. The molecule has 0 aliphatic heterocycles. The summed E-state index contributed by atoms with van der Waals surface area (Å²) in [6.07, 6.45) is 2.46. The summed E-state index contributed by atoms with van der Waals surface area (Å²) in [4.78, 5) is 12.9. The molecule has 98 valence electrons. The molecular formula is C14H18ClNO2. The average Bonchev–Trinajstić information content (AvgIpc) is 3.05. The highest BCUT2D eigenvalue weighted by atomic mass is 35.5. The van der Waals surface area contributed by atoms with Crippen molar-refractivity contribution in [3.8, 4) is 0 Å². The number of hydrogen-bond acceptors (Lipinski definition) is 2. The standard InChI is InChI=1S/C14H18ClNO2/c1-10-6-13(15)5-4-12(10)8-16(9-14(17)18)7-11-2-3-11/h4-6,11H,2-3,7-9H2,1H3,(H,17,18). The molecule has 0 radical (unpaired) electrons. The highest BCUT2D eigenvalue weighted by molar-refractivity contribution is 6.30. The molecule has 1 saturated carbocycles. The third-order valence-corrected chi connectivity index (χ3v) is 3.51. The second-order valence-electron chi connectivity index (χ2n) is 5.08. The topological polar surface area (TPSA) is 40.5 Å². The van der Waals surface area contributed by atoms with Crippen molar-refractivity contribution in [2.45, 2.75) is 26.3 Å². The first kappa shape index (κ1) is 13.4. The van der Waals surface area contributed by atoms with E-state index in [0.29, 0.717) is 12.5 Å². The Bertz CT molecular complexity index is 443. The molecule has 1 N–H and O–H groups in total. The normalized spacial score (nSPS) is 15.1. The van der Waals surface area contributed by atoms with E-state index in [-0.39, 0.29) is 6.54 Å². The quantitative estimate of drug-likeness (QED) is 0.862. The summed E-state index contributed by atoms with van der Waals surface area (Å²) in [5.74, 6) is -0.0702. The number of halogens is 1. The number of aliphatic carboxylic acids is 1. The van der Waals surface area contributed by atoms with Gasteiger partial charge >= 0.3 is 5.97 Å². The lowest BCUT2D eigenvalue weighted by molar-refractivity contribution is -0.138. The van der Waals surface area contributed by atoms with E-state index in [0.717, 1.165) is 22.7 Å². The summed E-state index contributed by atoms with van der Waals surface area (Å²) in [7, 11) is 0. The minimum Gasteiger partial charge on any atom is -0.480 e. The van der Waals surface area contributed by atoms with Gasteiger partial charge in [-0.25, -0.2) is 0 Å².